The van der Waals surface area contributed by atoms with Crippen LogP contribution in [0.1, 0.15) is 18.4 Å². The van der Waals surface area contributed by atoms with Gasteiger partial charge in [0.25, 0.3) is 0 Å². The number of rotatable bonds is 7. The Kier molecular flexibility index (Phi) is 6.08. The van der Waals surface area contributed by atoms with Gasteiger partial charge in [-0.05, 0) is 49.6 Å². The quantitative estimate of drug-likeness (QED) is 0.362. The van der Waals surface area contributed by atoms with Crippen LogP contribution < -0.4 is 0 Å². The van der Waals surface area contributed by atoms with Crippen LogP contribution in [0.3, 0.4) is 0 Å². The fourth-order valence-corrected chi connectivity index (χ4v) is 5.11. The van der Waals surface area contributed by atoms with Crippen molar-refractivity contribution in [3.63, 3.8) is 0 Å². The van der Waals surface area contributed by atoms with Gasteiger partial charge < -0.3 is 0 Å². The van der Waals surface area contributed by atoms with Crippen LogP contribution in [-0.4, -0.2) is 6.67 Å². The van der Waals surface area contributed by atoms with E-state index in [-0.39, 0.29) is 17.6 Å². The second-order valence-electron chi connectivity index (χ2n) is 5.69. The summed E-state index contributed by atoms with van der Waals surface area (Å²) in [6.07, 6.45) is 2.47. The molecule has 24 heavy (non-hydrogen) atoms. The molecule has 2 heteroatoms. The average Bonchev–Trinajstić information content (AvgIpc) is 2.65. The first-order chi connectivity index (χ1) is 11.9. The van der Waals surface area contributed by atoms with Gasteiger partial charge in [-0.15, -0.1) is 0 Å². The Bertz CT molecular complexity index is 701. The molecule has 0 aromatic heterocycles. The molecule has 0 unspecified atom stereocenters. The van der Waals surface area contributed by atoms with Crippen LogP contribution in [0.4, 0.5) is 4.39 Å². The topological polar surface area (TPSA) is 0 Å². The summed E-state index contributed by atoms with van der Waals surface area (Å²) in [6, 6.07) is 30.0. The van der Waals surface area contributed by atoms with Gasteiger partial charge in [-0.3, -0.25) is 4.39 Å². The van der Waals surface area contributed by atoms with Gasteiger partial charge in [0, 0.05) is 5.56 Å². The fourth-order valence-electron chi connectivity index (χ4n) is 2.82. The second kappa shape index (κ2) is 8.70. The van der Waals surface area contributed by atoms with E-state index in [9.17, 15) is 4.39 Å². The first kappa shape index (κ1) is 16.8. The molecule has 122 valence electrons. The Morgan fingerprint density at radius 1 is 0.625 bits per heavy atom. The lowest BCUT2D eigenvalue weighted by Crippen LogP contribution is -2.08. The van der Waals surface area contributed by atoms with Crippen molar-refractivity contribution in [2.24, 2.45) is 0 Å². The SMILES string of the molecule is FCCCCc1ccccc1[S+](c1ccccc1)c1ccccc1. The predicted octanol–water partition coefficient (Wildman–Crippen LogP) is 6.07. The zero-order chi connectivity index (χ0) is 16.6. The highest BCUT2D eigenvalue weighted by atomic mass is 32.2. The minimum Gasteiger partial charge on any atom is -0.251 e. The minimum atomic E-state index is -0.231. The number of hydrogen-bond acceptors (Lipinski definition) is 0. The van der Waals surface area contributed by atoms with Gasteiger partial charge in [0.15, 0.2) is 14.7 Å². The van der Waals surface area contributed by atoms with E-state index in [1.54, 1.807) is 0 Å². The molecule has 0 saturated heterocycles. The summed E-state index contributed by atoms with van der Waals surface area (Å²) < 4.78 is 12.5. The lowest BCUT2D eigenvalue weighted by atomic mass is 10.1. The van der Waals surface area contributed by atoms with E-state index in [1.807, 2.05) is 0 Å². The maximum Gasteiger partial charge on any atom is 0.169 e. The zero-order valence-electron chi connectivity index (χ0n) is 13.7. The summed E-state index contributed by atoms with van der Waals surface area (Å²) >= 11 is 0. The van der Waals surface area contributed by atoms with E-state index in [1.165, 1.54) is 20.2 Å². The van der Waals surface area contributed by atoms with Crippen LogP contribution in [0.15, 0.2) is 99.6 Å². The van der Waals surface area contributed by atoms with Crippen molar-refractivity contribution in [2.45, 2.75) is 33.9 Å². The Morgan fingerprint density at radius 3 is 1.75 bits per heavy atom. The van der Waals surface area contributed by atoms with Gasteiger partial charge in [0.05, 0.1) is 17.6 Å². The number of halogens is 1. The zero-order valence-corrected chi connectivity index (χ0v) is 14.5. The van der Waals surface area contributed by atoms with E-state index in [0.717, 1.165) is 12.8 Å². The van der Waals surface area contributed by atoms with Crippen LogP contribution in [0, 0.1) is 0 Å². The lowest BCUT2D eigenvalue weighted by Gasteiger charge is -2.12. The Morgan fingerprint density at radius 2 is 1.17 bits per heavy atom. The Balaban J connectivity index is 2.04. The summed E-state index contributed by atoms with van der Waals surface area (Å²) in [4.78, 5) is 4.00. The molecule has 0 radical (unpaired) electrons. The monoisotopic (exact) mass is 337 g/mol. The highest BCUT2D eigenvalue weighted by molar-refractivity contribution is 7.97. The van der Waals surface area contributed by atoms with Crippen molar-refractivity contribution in [3.05, 3.63) is 90.5 Å². The Hall–Kier alpha value is -2.06. The third kappa shape index (κ3) is 4.07. The molecule has 3 rings (SSSR count). The molecule has 3 aromatic rings. The normalized spacial score (nSPS) is 10.9. The molecule has 0 spiro atoms. The molecule has 0 saturated carbocycles. The van der Waals surface area contributed by atoms with E-state index in [4.69, 9.17) is 0 Å². The first-order valence-corrected chi connectivity index (χ1v) is 9.61. The number of benzene rings is 3. The molecule has 0 aliphatic heterocycles. The summed E-state index contributed by atoms with van der Waals surface area (Å²) in [5, 5.41) is 0. The summed E-state index contributed by atoms with van der Waals surface area (Å²) in [5.74, 6) is 0. The van der Waals surface area contributed by atoms with Gasteiger partial charge in [0.2, 0.25) is 0 Å². The van der Waals surface area contributed by atoms with E-state index < -0.39 is 0 Å². The van der Waals surface area contributed by atoms with Crippen molar-refractivity contribution in [1.82, 2.24) is 0 Å². The van der Waals surface area contributed by atoms with Crippen molar-refractivity contribution < 1.29 is 4.39 Å². The number of alkyl halides is 1. The third-order valence-corrected chi connectivity index (χ3v) is 6.31. The summed E-state index contributed by atoms with van der Waals surface area (Å²) in [5.41, 5.74) is 1.34. The lowest BCUT2D eigenvalue weighted by molar-refractivity contribution is 0.461. The maximum absolute atomic E-state index is 12.5. The second-order valence-corrected chi connectivity index (χ2v) is 7.68. The van der Waals surface area contributed by atoms with E-state index in [2.05, 4.69) is 84.9 Å². The van der Waals surface area contributed by atoms with Gasteiger partial charge in [-0.2, -0.15) is 0 Å². The molecule has 0 bridgehead atoms. The number of hydrogen-bond donors (Lipinski definition) is 0. The molecule has 0 heterocycles. The molecule has 0 nitrogen and oxygen atoms in total. The van der Waals surface area contributed by atoms with E-state index in [0.29, 0.717) is 6.42 Å². The van der Waals surface area contributed by atoms with Gasteiger partial charge in [-0.1, -0.05) is 54.6 Å². The molecule has 3 aromatic carbocycles. The van der Waals surface area contributed by atoms with Crippen molar-refractivity contribution in [3.8, 4) is 0 Å². The van der Waals surface area contributed by atoms with Crippen LogP contribution >= 0.6 is 0 Å². The smallest absolute Gasteiger partial charge is 0.169 e. The van der Waals surface area contributed by atoms with Gasteiger partial charge in [0.1, 0.15) is 0 Å². The molecule has 0 aliphatic carbocycles. The molecule has 0 atom stereocenters. The summed E-state index contributed by atoms with van der Waals surface area (Å²) in [7, 11) is -0.125. The van der Waals surface area contributed by atoms with Crippen LogP contribution in [0.5, 0.6) is 0 Å². The predicted molar refractivity (Wildman–Crippen MR) is 100 cm³/mol. The Labute approximate surface area is 146 Å². The highest BCUT2D eigenvalue weighted by Crippen LogP contribution is 2.33. The highest BCUT2D eigenvalue weighted by Gasteiger charge is 2.30. The molecule has 0 aliphatic rings. The van der Waals surface area contributed by atoms with Gasteiger partial charge in [-0.25, -0.2) is 0 Å². The van der Waals surface area contributed by atoms with Crippen LogP contribution in [0.25, 0.3) is 0 Å². The molecule has 0 fully saturated rings. The van der Waals surface area contributed by atoms with Crippen LogP contribution in [0.2, 0.25) is 0 Å². The summed E-state index contributed by atoms with van der Waals surface area (Å²) in [6.45, 7) is -0.231. The maximum atomic E-state index is 12.5. The minimum absolute atomic E-state index is 0.125. The molecular weight excluding hydrogens is 315 g/mol. The first-order valence-electron chi connectivity index (χ1n) is 8.38. The average molecular weight is 337 g/mol. The largest absolute Gasteiger partial charge is 0.251 e. The third-order valence-electron chi connectivity index (χ3n) is 3.98. The van der Waals surface area contributed by atoms with Crippen molar-refractivity contribution in [2.75, 3.05) is 6.67 Å². The van der Waals surface area contributed by atoms with Gasteiger partial charge >= 0.3 is 0 Å². The van der Waals surface area contributed by atoms with E-state index >= 15 is 0 Å². The van der Waals surface area contributed by atoms with Crippen molar-refractivity contribution >= 4 is 10.9 Å². The van der Waals surface area contributed by atoms with Crippen molar-refractivity contribution in [1.29, 1.82) is 0 Å². The number of aryl methyl sites for hydroxylation is 1. The molecule has 0 amide bonds. The number of unbranched alkanes of at least 4 members (excludes halogenated alkanes) is 1. The standard InChI is InChI=1S/C22H22FS/c23-18-10-9-12-19-11-7-8-17-22(19)24(20-13-3-1-4-14-20)21-15-5-2-6-16-21/h1-8,11,13-17H,9-10,12,18H2/q+1. The van der Waals surface area contributed by atoms with Crippen LogP contribution in [-0.2, 0) is 17.3 Å². The fraction of sp³-hybridized carbons (Fsp3) is 0.182. The molecule has 0 N–H and O–H groups in total. The molecular formula is C22H22FS+.